The smallest absolute Gasteiger partial charge is 0.243 e. The Labute approximate surface area is 266 Å². The van der Waals surface area contributed by atoms with Gasteiger partial charge in [0.05, 0.1) is 10.6 Å². The van der Waals surface area contributed by atoms with Crippen molar-refractivity contribution in [2.45, 2.75) is 66.2 Å². The van der Waals surface area contributed by atoms with Crippen LogP contribution in [0.15, 0.2) is 90.3 Å². The van der Waals surface area contributed by atoms with Gasteiger partial charge in [-0.1, -0.05) is 89.6 Å². The van der Waals surface area contributed by atoms with Gasteiger partial charge in [-0.15, -0.1) is 6.58 Å². The van der Waals surface area contributed by atoms with Crippen molar-refractivity contribution in [1.29, 1.82) is 0 Å². The fourth-order valence-electron chi connectivity index (χ4n) is 3.94. The molecule has 0 bridgehead atoms. The van der Waals surface area contributed by atoms with E-state index in [1.54, 1.807) is 48.5 Å². The number of nitrogens with zero attached hydrogens (tertiary/aromatic N) is 2. The van der Waals surface area contributed by atoms with Gasteiger partial charge in [-0.25, -0.2) is 8.42 Å². The summed E-state index contributed by atoms with van der Waals surface area (Å²) in [6.45, 7) is 19.7. The number of rotatable bonds is 8. The predicted molar refractivity (Wildman–Crippen MR) is 186 cm³/mol. The minimum Gasteiger partial charge on any atom is -0.355 e. The van der Waals surface area contributed by atoms with E-state index in [0.29, 0.717) is 47.1 Å². The molecular weight excluding hydrogens is 578 g/mol. The van der Waals surface area contributed by atoms with Gasteiger partial charge in [0, 0.05) is 48.9 Å². The Balaban J connectivity index is 0.00000178. The molecule has 0 spiro atoms. The number of carbonyl (C=O) groups is 1. The first-order valence-electron chi connectivity index (χ1n) is 15.2. The Hall–Kier alpha value is -2.97. The molecule has 8 heteroatoms. The molecule has 1 aliphatic rings. The van der Waals surface area contributed by atoms with E-state index in [1.807, 2.05) is 85.8 Å². The van der Waals surface area contributed by atoms with Gasteiger partial charge in [-0.05, 0) is 68.4 Å². The van der Waals surface area contributed by atoms with Crippen molar-refractivity contribution < 1.29 is 13.2 Å². The summed E-state index contributed by atoms with van der Waals surface area (Å²) in [6.07, 6.45) is 2.57. The van der Waals surface area contributed by atoms with Crippen molar-refractivity contribution in [2.24, 2.45) is 0 Å². The summed E-state index contributed by atoms with van der Waals surface area (Å²) in [7, 11) is -1.51. The summed E-state index contributed by atoms with van der Waals surface area (Å²) in [5.74, 6) is -0.00997. The van der Waals surface area contributed by atoms with Crippen molar-refractivity contribution in [1.82, 2.24) is 9.21 Å². The molecule has 0 unspecified atom stereocenters. The van der Waals surface area contributed by atoms with E-state index in [0.717, 1.165) is 24.3 Å². The molecule has 1 heterocycles. The number of piperazine rings is 1. The lowest BCUT2D eigenvalue weighted by Crippen LogP contribution is -2.46. The highest BCUT2D eigenvalue weighted by Crippen LogP contribution is 2.26. The number of likely N-dealkylation sites (N-methyl/N-ethyl adjacent to an activating group) is 1. The minimum absolute atomic E-state index is 0.00997. The number of sulfonamides is 1. The van der Waals surface area contributed by atoms with Crippen molar-refractivity contribution in [3.63, 3.8) is 0 Å². The number of ketones is 1. The molecule has 0 atom stereocenters. The van der Waals surface area contributed by atoms with Crippen LogP contribution in [0.2, 0.25) is 5.02 Å². The van der Waals surface area contributed by atoms with E-state index in [1.165, 1.54) is 4.31 Å². The first-order valence-corrected chi connectivity index (χ1v) is 17.1. The van der Waals surface area contributed by atoms with Gasteiger partial charge < -0.3 is 10.2 Å². The van der Waals surface area contributed by atoms with Crippen LogP contribution in [0.1, 0.15) is 70.8 Å². The Morgan fingerprint density at radius 2 is 1.42 bits per heavy atom. The second-order valence-electron chi connectivity index (χ2n) is 8.86. The van der Waals surface area contributed by atoms with Crippen LogP contribution in [-0.4, -0.2) is 56.6 Å². The van der Waals surface area contributed by atoms with E-state index in [-0.39, 0.29) is 5.78 Å². The van der Waals surface area contributed by atoms with Gasteiger partial charge in [-0.2, -0.15) is 4.31 Å². The minimum atomic E-state index is -3.50. The Morgan fingerprint density at radius 1 is 0.884 bits per heavy atom. The standard InChI is InChI=1S/C26H28ClN3O3S.C3H6.3C2H6/c1-29-15-17-30(18-16-29)34(32,33)23-11-7-20(8-12-23)9-14-26(31)24-13-10-21(27)19-25(24)28-22-5-3-2-4-6-22;1-3-2;3*1-2/h2-8,10-13,19,28H,9,14-18H2,1H3;3H,1H2,2H3;3*1-2H3. The molecule has 0 radical (unpaired) electrons. The normalized spacial score (nSPS) is 12.8. The highest BCUT2D eigenvalue weighted by Gasteiger charge is 2.27. The number of hydrogen-bond donors (Lipinski definition) is 1. The number of carbonyl (C=O) groups excluding carboxylic acids is 1. The SMILES string of the molecule is C=CC.CC.CC.CC.CN1CCN(S(=O)(=O)c2ccc(CCC(=O)c3ccc(Cl)cc3Nc3ccccc3)cc2)CC1. The van der Waals surface area contributed by atoms with E-state index in [2.05, 4.69) is 16.8 Å². The van der Waals surface area contributed by atoms with Gasteiger partial charge in [-0.3, -0.25) is 4.79 Å². The van der Waals surface area contributed by atoms with Crippen LogP contribution in [0.25, 0.3) is 0 Å². The maximum atomic E-state index is 13.0. The van der Waals surface area contributed by atoms with Crippen molar-refractivity contribution in [3.8, 4) is 0 Å². The summed E-state index contributed by atoms with van der Waals surface area (Å²) in [5.41, 5.74) is 3.02. The van der Waals surface area contributed by atoms with Crippen LogP contribution >= 0.6 is 11.6 Å². The maximum Gasteiger partial charge on any atom is 0.243 e. The number of Topliss-reactive ketones (excluding diaryl/α,β-unsaturated/α-hetero) is 1. The Kier molecular flexibility index (Phi) is 21.0. The lowest BCUT2D eigenvalue weighted by atomic mass is 10.0. The number of benzene rings is 3. The second kappa shape index (κ2) is 22.6. The molecular formula is C35H52ClN3O3S. The largest absolute Gasteiger partial charge is 0.355 e. The van der Waals surface area contributed by atoms with Crippen molar-refractivity contribution >= 4 is 38.8 Å². The lowest BCUT2D eigenvalue weighted by Gasteiger charge is -2.31. The highest BCUT2D eigenvalue weighted by molar-refractivity contribution is 7.89. The zero-order chi connectivity index (χ0) is 32.8. The molecule has 6 nitrogen and oxygen atoms in total. The van der Waals surface area contributed by atoms with E-state index in [9.17, 15) is 13.2 Å². The molecule has 0 amide bonds. The van der Waals surface area contributed by atoms with Gasteiger partial charge in [0.25, 0.3) is 0 Å². The molecule has 1 saturated heterocycles. The summed E-state index contributed by atoms with van der Waals surface area (Å²) < 4.78 is 27.3. The monoisotopic (exact) mass is 629 g/mol. The third-order valence-corrected chi connectivity index (χ3v) is 8.15. The summed E-state index contributed by atoms with van der Waals surface area (Å²) in [5, 5.41) is 3.82. The van der Waals surface area contributed by atoms with E-state index < -0.39 is 10.0 Å². The summed E-state index contributed by atoms with van der Waals surface area (Å²) in [4.78, 5) is 15.4. The molecule has 1 fully saturated rings. The summed E-state index contributed by atoms with van der Waals surface area (Å²) in [6, 6.07) is 21.7. The predicted octanol–water partition coefficient (Wildman–Crippen LogP) is 9.11. The Morgan fingerprint density at radius 3 is 1.95 bits per heavy atom. The third kappa shape index (κ3) is 13.5. The van der Waals surface area contributed by atoms with Crippen LogP contribution in [0, 0.1) is 0 Å². The van der Waals surface area contributed by atoms with E-state index in [4.69, 9.17) is 11.6 Å². The average Bonchev–Trinajstić information content (AvgIpc) is 3.04. The van der Waals surface area contributed by atoms with Crippen LogP contribution in [0.4, 0.5) is 11.4 Å². The lowest BCUT2D eigenvalue weighted by molar-refractivity contribution is 0.0983. The molecule has 0 aliphatic carbocycles. The summed E-state index contributed by atoms with van der Waals surface area (Å²) >= 11 is 6.17. The average molecular weight is 630 g/mol. The number of aryl methyl sites for hydroxylation is 1. The number of anilines is 2. The molecule has 0 aromatic heterocycles. The molecule has 3 aromatic carbocycles. The molecule has 1 N–H and O–H groups in total. The van der Waals surface area contributed by atoms with Crippen LogP contribution in [0.3, 0.4) is 0 Å². The topological polar surface area (TPSA) is 69.7 Å². The van der Waals surface area contributed by atoms with Crippen LogP contribution < -0.4 is 5.32 Å². The fraction of sp³-hybridized carbons (Fsp3) is 0.400. The van der Waals surface area contributed by atoms with Crippen molar-refractivity contribution in [3.05, 3.63) is 102 Å². The highest BCUT2D eigenvalue weighted by atomic mass is 35.5. The number of nitrogens with one attached hydrogen (secondary N) is 1. The zero-order valence-corrected chi connectivity index (χ0v) is 28.9. The van der Waals surface area contributed by atoms with Gasteiger partial charge in [0.1, 0.15) is 0 Å². The first-order chi connectivity index (χ1) is 20.7. The number of halogens is 1. The van der Waals surface area contributed by atoms with Crippen LogP contribution in [-0.2, 0) is 16.4 Å². The molecule has 3 aromatic rings. The molecule has 238 valence electrons. The maximum absolute atomic E-state index is 13.0. The molecule has 1 aliphatic heterocycles. The first kappa shape index (κ1) is 40.0. The molecule has 43 heavy (non-hydrogen) atoms. The van der Waals surface area contributed by atoms with Crippen molar-refractivity contribution in [2.75, 3.05) is 38.5 Å². The fourth-order valence-corrected chi connectivity index (χ4v) is 5.53. The van der Waals surface area contributed by atoms with Gasteiger partial charge in [0.2, 0.25) is 10.0 Å². The number of allylic oxidation sites excluding steroid dienone is 1. The quantitative estimate of drug-likeness (QED) is 0.199. The molecule has 4 rings (SSSR count). The number of hydrogen-bond acceptors (Lipinski definition) is 5. The second-order valence-corrected chi connectivity index (χ2v) is 11.2. The zero-order valence-electron chi connectivity index (χ0n) is 27.4. The number of para-hydroxylation sites is 1. The Bertz CT molecular complexity index is 1290. The van der Waals surface area contributed by atoms with Gasteiger partial charge >= 0.3 is 0 Å². The van der Waals surface area contributed by atoms with Gasteiger partial charge in [0.15, 0.2) is 5.78 Å². The van der Waals surface area contributed by atoms with Crippen LogP contribution in [0.5, 0.6) is 0 Å². The third-order valence-electron chi connectivity index (χ3n) is 6.00. The van der Waals surface area contributed by atoms with E-state index >= 15 is 0 Å². The molecule has 0 saturated carbocycles.